The van der Waals surface area contributed by atoms with Crippen LogP contribution in [0.2, 0.25) is 5.02 Å². The highest BCUT2D eigenvalue weighted by molar-refractivity contribution is 6.31. The number of aromatic nitrogens is 2. The first-order valence-corrected chi connectivity index (χ1v) is 14.5. The first-order chi connectivity index (χ1) is 20.5. The van der Waals surface area contributed by atoms with Gasteiger partial charge in [0.25, 0.3) is 0 Å². The maximum atomic E-state index is 13.2. The number of nitrogens with zero attached hydrogens (tertiary/aromatic N) is 4. The Bertz CT molecular complexity index is 1530. The van der Waals surface area contributed by atoms with E-state index in [1.807, 2.05) is 43.3 Å². The van der Waals surface area contributed by atoms with E-state index in [1.165, 1.54) is 50.8 Å². The molecule has 0 unspecified atom stereocenters. The van der Waals surface area contributed by atoms with Gasteiger partial charge in [-0.15, -0.1) is 0 Å². The van der Waals surface area contributed by atoms with Crippen molar-refractivity contribution in [1.82, 2.24) is 14.9 Å². The average molecular weight is 592 g/mol. The van der Waals surface area contributed by atoms with E-state index >= 15 is 0 Å². The van der Waals surface area contributed by atoms with Gasteiger partial charge in [0.05, 0.1) is 30.0 Å². The number of anilines is 2. The molecule has 0 amide bonds. The molecule has 1 aliphatic heterocycles. The molecule has 0 spiro atoms. The number of hydrogen-bond acceptors (Lipinski definition) is 8. The van der Waals surface area contributed by atoms with Gasteiger partial charge >= 0.3 is 0 Å². The Hall–Kier alpha value is -3.95. The van der Waals surface area contributed by atoms with Gasteiger partial charge in [-0.2, -0.15) is 0 Å². The molecule has 1 aliphatic rings. The van der Waals surface area contributed by atoms with Crippen LogP contribution in [-0.4, -0.2) is 53.9 Å². The second-order valence-corrected chi connectivity index (χ2v) is 10.6. The number of methoxy groups -OCH3 is 1. The van der Waals surface area contributed by atoms with E-state index in [-0.39, 0.29) is 12.4 Å². The minimum atomic E-state index is -0.390. The van der Waals surface area contributed by atoms with Gasteiger partial charge in [-0.3, -0.25) is 0 Å². The van der Waals surface area contributed by atoms with Gasteiger partial charge < -0.3 is 24.5 Å². The molecule has 220 valence electrons. The Balaban J connectivity index is 1.21. The summed E-state index contributed by atoms with van der Waals surface area (Å²) in [5, 5.41) is 8.69. The van der Waals surface area contributed by atoms with Crippen LogP contribution in [0.4, 0.5) is 15.9 Å². The predicted molar refractivity (Wildman–Crippen MR) is 165 cm³/mol. The SMILES string of the molecule is COc1cc2c(Nc3ccc(/C(C)=N/OCc4ccc(F)cc4Cl)cc3)ncnc2cc1OCCCN1CCCCC1. The molecular formula is C32H35ClFN5O3. The summed E-state index contributed by atoms with van der Waals surface area (Å²) < 4.78 is 25.0. The lowest BCUT2D eigenvalue weighted by molar-refractivity contribution is 0.130. The first-order valence-electron chi connectivity index (χ1n) is 14.2. The van der Waals surface area contributed by atoms with Crippen molar-refractivity contribution in [2.75, 3.05) is 38.7 Å². The van der Waals surface area contributed by atoms with Crippen LogP contribution in [0.15, 0.2) is 66.1 Å². The molecule has 4 aromatic rings. The van der Waals surface area contributed by atoms with Gasteiger partial charge in [0, 0.05) is 29.2 Å². The van der Waals surface area contributed by atoms with E-state index in [0.717, 1.165) is 35.1 Å². The highest BCUT2D eigenvalue weighted by Crippen LogP contribution is 2.35. The summed E-state index contributed by atoms with van der Waals surface area (Å²) in [6, 6.07) is 15.8. The summed E-state index contributed by atoms with van der Waals surface area (Å²) in [5.41, 5.74) is 3.86. The number of nitrogens with one attached hydrogen (secondary N) is 1. The smallest absolute Gasteiger partial charge is 0.163 e. The highest BCUT2D eigenvalue weighted by Gasteiger charge is 2.14. The van der Waals surface area contributed by atoms with Crippen molar-refractivity contribution in [3.63, 3.8) is 0 Å². The number of fused-ring (bicyclic) bond motifs is 1. The van der Waals surface area contributed by atoms with Crippen LogP contribution >= 0.6 is 11.6 Å². The molecule has 0 aliphatic carbocycles. The number of hydrogen-bond donors (Lipinski definition) is 1. The van der Waals surface area contributed by atoms with Crippen LogP contribution in [0.25, 0.3) is 10.9 Å². The number of piperidine rings is 1. The number of likely N-dealkylation sites (tertiary alicyclic amines) is 1. The van der Waals surface area contributed by atoms with Crippen molar-refractivity contribution in [2.45, 2.75) is 39.2 Å². The molecule has 10 heteroatoms. The van der Waals surface area contributed by atoms with Gasteiger partial charge in [0.2, 0.25) is 0 Å². The lowest BCUT2D eigenvalue weighted by Crippen LogP contribution is -2.31. The highest BCUT2D eigenvalue weighted by atomic mass is 35.5. The van der Waals surface area contributed by atoms with Gasteiger partial charge in [0.15, 0.2) is 11.5 Å². The third-order valence-electron chi connectivity index (χ3n) is 7.25. The van der Waals surface area contributed by atoms with Crippen LogP contribution < -0.4 is 14.8 Å². The maximum Gasteiger partial charge on any atom is 0.163 e. The Morgan fingerprint density at radius 2 is 1.83 bits per heavy atom. The molecule has 3 aromatic carbocycles. The van der Waals surface area contributed by atoms with Crippen molar-refractivity contribution in [3.05, 3.63) is 82.9 Å². The zero-order chi connectivity index (χ0) is 29.3. The van der Waals surface area contributed by atoms with Crippen LogP contribution in [0, 0.1) is 5.82 Å². The fraction of sp³-hybridized carbons (Fsp3) is 0.344. The van der Waals surface area contributed by atoms with E-state index < -0.39 is 0 Å². The van der Waals surface area contributed by atoms with Gasteiger partial charge in [0.1, 0.15) is 24.6 Å². The summed E-state index contributed by atoms with van der Waals surface area (Å²) in [6.45, 7) is 6.04. The molecule has 0 bridgehead atoms. The molecule has 42 heavy (non-hydrogen) atoms. The van der Waals surface area contributed by atoms with E-state index in [4.69, 9.17) is 25.9 Å². The quantitative estimate of drug-likeness (QED) is 0.105. The normalized spacial score (nSPS) is 14.1. The molecule has 0 atom stereocenters. The summed E-state index contributed by atoms with van der Waals surface area (Å²) in [7, 11) is 1.64. The van der Waals surface area contributed by atoms with Gasteiger partial charge in [-0.25, -0.2) is 14.4 Å². The number of benzene rings is 3. The zero-order valence-electron chi connectivity index (χ0n) is 23.9. The predicted octanol–water partition coefficient (Wildman–Crippen LogP) is 7.37. The van der Waals surface area contributed by atoms with Crippen molar-refractivity contribution in [1.29, 1.82) is 0 Å². The first kappa shape index (κ1) is 29.5. The van der Waals surface area contributed by atoms with Crippen LogP contribution in [0.3, 0.4) is 0 Å². The molecule has 5 rings (SSSR count). The van der Waals surface area contributed by atoms with Crippen molar-refractivity contribution in [2.24, 2.45) is 5.16 Å². The second-order valence-electron chi connectivity index (χ2n) is 10.2. The molecular weight excluding hydrogens is 557 g/mol. The lowest BCUT2D eigenvalue weighted by atomic mass is 10.1. The average Bonchev–Trinajstić information content (AvgIpc) is 3.01. The molecule has 0 saturated carbocycles. The van der Waals surface area contributed by atoms with Crippen LogP contribution in [-0.2, 0) is 11.4 Å². The summed E-state index contributed by atoms with van der Waals surface area (Å²) >= 11 is 6.06. The van der Waals surface area contributed by atoms with Crippen LogP contribution in [0.5, 0.6) is 11.5 Å². The molecule has 2 heterocycles. The zero-order valence-corrected chi connectivity index (χ0v) is 24.7. The number of halogens is 2. The lowest BCUT2D eigenvalue weighted by Gasteiger charge is -2.26. The molecule has 1 N–H and O–H groups in total. The Kier molecular flexibility index (Phi) is 10.0. The minimum Gasteiger partial charge on any atom is -0.493 e. The topological polar surface area (TPSA) is 81.1 Å². The number of rotatable bonds is 12. The summed E-state index contributed by atoms with van der Waals surface area (Å²) in [5.74, 6) is 1.59. The van der Waals surface area contributed by atoms with E-state index in [2.05, 4.69) is 25.3 Å². The fourth-order valence-electron chi connectivity index (χ4n) is 4.91. The standard InChI is InChI=1S/C32H35ClFN5O3/c1-22(38-42-20-24-7-10-25(34)17-28(24)33)23-8-11-26(12-9-23)37-32-27-18-30(40-2)31(19-29(27)35-21-36-32)41-16-6-15-39-13-4-3-5-14-39/h7-12,17-19,21H,3-6,13-16,20H2,1-2H3,(H,35,36,37)/b38-22+. The van der Waals surface area contributed by atoms with Crippen molar-refractivity contribution < 1.29 is 18.7 Å². The van der Waals surface area contributed by atoms with Gasteiger partial charge in [-0.05, 0) is 75.2 Å². The van der Waals surface area contributed by atoms with Gasteiger partial charge in [-0.1, -0.05) is 41.4 Å². The number of oxime groups is 1. The van der Waals surface area contributed by atoms with E-state index in [0.29, 0.717) is 40.2 Å². The third-order valence-corrected chi connectivity index (χ3v) is 7.60. The monoisotopic (exact) mass is 591 g/mol. The molecule has 8 nitrogen and oxygen atoms in total. The molecule has 1 saturated heterocycles. The molecule has 0 radical (unpaired) electrons. The Morgan fingerprint density at radius 3 is 2.60 bits per heavy atom. The summed E-state index contributed by atoms with van der Waals surface area (Å²) in [4.78, 5) is 16.9. The summed E-state index contributed by atoms with van der Waals surface area (Å²) in [6.07, 6.45) is 6.42. The Morgan fingerprint density at radius 1 is 1.02 bits per heavy atom. The third kappa shape index (κ3) is 7.66. The second kappa shape index (κ2) is 14.3. The maximum absolute atomic E-state index is 13.2. The van der Waals surface area contributed by atoms with Crippen LogP contribution in [0.1, 0.15) is 43.7 Å². The molecule has 1 fully saturated rings. The fourth-order valence-corrected chi connectivity index (χ4v) is 5.13. The minimum absolute atomic E-state index is 0.145. The van der Waals surface area contributed by atoms with Crippen molar-refractivity contribution >= 4 is 39.7 Å². The largest absolute Gasteiger partial charge is 0.493 e. The van der Waals surface area contributed by atoms with Crippen molar-refractivity contribution in [3.8, 4) is 11.5 Å². The van der Waals surface area contributed by atoms with E-state index in [9.17, 15) is 4.39 Å². The molecule has 1 aromatic heterocycles. The van der Waals surface area contributed by atoms with E-state index in [1.54, 1.807) is 13.2 Å². The number of ether oxygens (including phenoxy) is 2. The Labute approximate surface area is 250 Å².